The molecule has 1 fully saturated rings. The third kappa shape index (κ3) is 7.14. The first-order valence-electron chi connectivity index (χ1n) is 13.8. The lowest BCUT2D eigenvalue weighted by Crippen LogP contribution is -2.48. The van der Waals surface area contributed by atoms with Crippen molar-refractivity contribution in [1.29, 1.82) is 0 Å². The summed E-state index contributed by atoms with van der Waals surface area (Å²) in [5.41, 5.74) is 3.36. The first kappa shape index (κ1) is 29.8. The minimum Gasteiger partial charge on any atom is -0.495 e. The maximum absolute atomic E-state index is 12.7. The highest BCUT2D eigenvalue weighted by molar-refractivity contribution is 5.71. The van der Waals surface area contributed by atoms with Crippen LogP contribution in [0, 0.1) is 0 Å². The number of piperidine rings is 1. The molecule has 9 heteroatoms. The molecule has 2 aromatic carbocycles. The maximum Gasteiger partial charge on any atom is 0.410 e. The zero-order chi connectivity index (χ0) is 29.6. The van der Waals surface area contributed by atoms with Gasteiger partial charge < -0.3 is 33.5 Å². The highest BCUT2D eigenvalue weighted by atomic mass is 16.6. The molecule has 0 aliphatic carbocycles. The van der Waals surface area contributed by atoms with Crippen LogP contribution in [0.25, 0.3) is 11.1 Å². The Bertz CT molecular complexity index is 1310. The quantitative estimate of drug-likeness (QED) is 0.305. The third-order valence-electron chi connectivity index (χ3n) is 7.10. The van der Waals surface area contributed by atoms with Crippen molar-refractivity contribution < 1.29 is 28.5 Å². The first-order valence-corrected chi connectivity index (χ1v) is 13.8. The number of methoxy groups -OCH3 is 4. The summed E-state index contributed by atoms with van der Waals surface area (Å²) in [6, 6.07) is 14.2. The summed E-state index contributed by atoms with van der Waals surface area (Å²) in [5.74, 6) is 2.51. The number of carbonyl (C=O) groups excluding carboxylic acids is 1. The molecule has 0 N–H and O–H groups in total. The van der Waals surface area contributed by atoms with Crippen LogP contribution >= 0.6 is 0 Å². The molecule has 1 aromatic heterocycles. The van der Waals surface area contributed by atoms with Gasteiger partial charge in [0.1, 0.15) is 11.4 Å². The van der Waals surface area contributed by atoms with Crippen molar-refractivity contribution >= 4 is 11.8 Å². The molecule has 1 saturated heterocycles. The second-order valence-electron chi connectivity index (χ2n) is 11.0. The molecule has 4 rings (SSSR count). The SMILES string of the molecule is COc1ccccc1N(Cc1cncc(-c2cc(OC)c(OC)c(OC)c2)c1)C1CCN(C(=O)OC(C)(C)C)CC1. The molecule has 1 amide bonds. The summed E-state index contributed by atoms with van der Waals surface area (Å²) in [6.07, 6.45) is 5.06. The zero-order valence-corrected chi connectivity index (χ0v) is 25.1. The second kappa shape index (κ2) is 13.0. The number of hydrogen-bond acceptors (Lipinski definition) is 8. The van der Waals surface area contributed by atoms with E-state index < -0.39 is 5.60 Å². The molecular weight excluding hydrogens is 522 g/mol. The second-order valence-corrected chi connectivity index (χ2v) is 11.0. The molecule has 2 heterocycles. The van der Waals surface area contributed by atoms with E-state index in [2.05, 4.69) is 22.0 Å². The predicted octanol–water partition coefficient (Wildman–Crippen LogP) is 6.19. The highest BCUT2D eigenvalue weighted by Crippen LogP contribution is 2.41. The van der Waals surface area contributed by atoms with E-state index in [1.54, 1.807) is 33.3 Å². The summed E-state index contributed by atoms with van der Waals surface area (Å²) < 4.78 is 28.0. The van der Waals surface area contributed by atoms with Crippen LogP contribution < -0.4 is 23.8 Å². The van der Waals surface area contributed by atoms with E-state index in [-0.39, 0.29) is 12.1 Å². The van der Waals surface area contributed by atoms with Crippen LogP contribution in [0.2, 0.25) is 0 Å². The van der Waals surface area contributed by atoms with Gasteiger partial charge >= 0.3 is 6.09 Å². The number of aromatic nitrogens is 1. The van der Waals surface area contributed by atoms with Crippen LogP contribution in [0.5, 0.6) is 23.0 Å². The number of benzene rings is 2. The van der Waals surface area contributed by atoms with Gasteiger partial charge in [-0.3, -0.25) is 4.98 Å². The monoisotopic (exact) mass is 563 g/mol. The van der Waals surface area contributed by atoms with Crippen molar-refractivity contribution in [3.8, 4) is 34.1 Å². The number of para-hydroxylation sites is 2. The predicted molar refractivity (Wildman–Crippen MR) is 159 cm³/mol. The van der Waals surface area contributed by atoms with Crippen LogP contribution in [-0.2, 0) is 11.3 Å². The highest BCUT2D eigenvalue weighted by Gasteiger charge is 2.31. The van der Waals surface area contributed by atoms with E-state index in [1.807, 2.05) is 63.5 Å². The van der Waals surface area contributed by atoms with Gasteiger partial charge in [-0.2, -0.15) is 0 Å². The van der Waals surface area contributed by atoms with Crippen LogP contribution in [0.1, 0.15) is 39.2 Å². The Balaban J connectivity index is 1.62. The van der Waals surface area contributed by atoms with Crippen LogP contribution in [-0.4, -0.2) is 69.1 Å². The normalized spacial score (nSPS) is 13.9. The summed E-state index contributed by atoms with van der Waals surface area (Å²) in [5, 5.41) is 0. The van der Waals surface area contributed by atoms with Crippen LogP contribution in [0.3, 0.4) is 0 Å². The number of hydrogen-bond donors (Lipinski definition) is 0. The molecule has 0 saturated carbocycles. The number of anilines is 1. The molecule has 1 aliphatic rings. The fourth-order valence-corrected chi connectivity index (χ4v) is 5.14. The van der Waals surface area contributed by atoms with Crippen molar-refractivity contribution in [2.75, 3.05) is 46.4 Å². The molecule has 220 valence electrons. The molecule has 0 unspecified atom stereocenters. The molecular formula is C32H41N3O6. The number of rotatable bonds is 9. The first-order chi connectivity index (χ1) is 19.7. The molecule has 0 radical (unpaired) electrons. The summed E-state index contributed by atoms with van der Waals surface area (Å²) in [6.45, 7) is 7.52. The summed E-state index contributed by atoms with van der Waals surface area (Å²) in [4.78, 5) is 21.4. The van der Waals surface area contributed by atoms with Gasteiger partial charge in [-0.15, -0.1) is 0 Å². The Hall–Kier alpha value is -4.14. The fraction of sp³-hybridized carbons (Fsp3) is 0.438. The van der Waals surface area contributed by atoms with E-state index in [9.17, 15) is 4.79 Å². The standard InChI is InChI=1S/C32H41N3O6/c1-32(2,3)41-31(36)34-14-12-25(13-15-34)35(26-10-8-9-11-27(26)37-4)21-22-16-24(20-33-19-22)23-17-28(38-5)30(40-7)29(18-23)39-6/h8-11,16-20,25H,12-15,21H2,1-7H3. The Morgan fingerprint density at radius 2 is 1.51 bits per heavy atom. The van der Waals surface area contributed by atoms with Gasteiger partial charge in [0, 0.05) is 43.6 Å². The molecule has 41 heavy (non-hydrogen) atoms. The number of ether oxygens (including phenoxy) is 5. The zero-order valence-electron chi connectivity index (χ0n) is 25.1. The van der Waals surface area contributed by atoms with Crippen LogP contribution in [0.4, 0.5) is 10.5 Å². The number of likely N-dealkylation sites (tertiary alicyclic amines) is 1. The summed E-state index contributed by atoms with van der Waals surface area (Å²) >= 11 is 0. The van der Waals surface area contributed by atoms with Gasteiger partial charge in [0.15, 0.2) is 11.5 Å². The van der Waals surface area contributed by atoms with Gasteiger partial charge in [-0.05, 0) is 75.1 Å². The number of pyridine rings is 1. The van der Waals surface area contributed by atoms with Gasteiger partial charge in [-0.1, -0.05) is 12.1 Å². The third-order valence-corrected chi connectivity index (χ3v) is 7.10. The minimum atomic E-state index is -0.521. The number of nitrogens with zero attached hydrogens (tertiary/aromatic N) is 3. The smallest absolute Gasteiger partial charge is 0.410 e. The molecule has 9 nitrogen and oxygen atoms in total. The van der Waals surface area contributed by atoms with Crippen molar-refractivity contribution in [2.24, 2.45) is 0 Å². The molecule has 0 spiro atoms. The van der Waals surface area contributed by atoms with E-state index >= 15 is 0 Å². The molecule has 0 bridgehead atoms. The Labute approximate surface area is 242 Å². The van der Waals surface area contributed by atoms with Crippen molar-refractivity contribution in [3.63, 3.8) is 0 Å². The Kier molecular flexibility index (Phi) is 9.47. The average molecular weight is 564 g/mol. The van der Waals surface area contributed by atoms with Crippen molar-refractivity contribution in [1.82, 2.24) is 9.88 Å². The molecule has 0 atom stereocenters. The van der Waals surface area contributed by atoms with Gasteiger partial charge in [0.2, 0.25) is 5.75 Å². The molecule has 1 aliphatic heterocycles. The van der Waals surface area contributed by atoms with Gasteiger partial charge in [-0.25, -0.2) is 4.79 Å². The lowest BCUT2D eigenvalue weighted by Gasteiger charge is -2.40. The Morgan fingerprint density at radius 3 is 2.10 bits per heavy atom. The topological polar surface area (TPSA) is 82.6 Å². The van der Waals surface area contributed by atoms with E-state index in [0.29, 0.717) is 36.9 Å². The van der Waals surface area contributed by atoms with Crippen molar-refractivity contribution in [2.45, 2.75) is 51.8 Å². The lowest BCUT2D eigenvalue weighted by molar-refractivity contribution is 0.0204. The lowest BCUT2D eigenvalue weighted by atomic mass is 10.0. The Morgan fingerprint density at radius 1 is 0.878 bits per heavy atom. The van der Waals surface area contributed by atoms with Crippen molar-refractivity contribution in [3.05, 3.63) is 60.4 Å². The largest absolute Gasteiger partial charge is 0.495 e. The van der Waals surface area contributed by atoms with E-state index in [4.69, 9.17) is 23.7 Å². The fourth-order valence-electron chi connectivity index (χ4n) is 5.14. The van der Waals surface area contributed by atoms with Crippen LogP contribution in [0.15, 0.2) is 54.9 Å². The maximum atomic E-state index is 12.7. The minimum absolute atomic E-state index is 0.190. The summed E-state index contributed by atoms with van der Waals surface area (Å²) in [7, 11) is 6.49. The average Bonchev–Trinajstić information content (AvgIpc) is 2.98. The number of carbonyl (C=O) groups is 1. The van der Waals surface area contributed by atoms with E-state index in [0.717, 1.165) is 41.0 Å². The van der Waals surface area contributed by atoms with Gasteiger partial charge in [0.25, 0.3) is 0 Å². The van der Waals surface area contributed by atoms with Gasteiger partial charge in [0.05, 0.1) is 34.1 Å². The molecule has 3 aromatic rings. The number of amides is 1. The van der Waals surface area contributed by atoms with E-state index in [1.165, 1.54) is 0 Å².